The van der Waals surface area contributed by atoms with Gasteiger partial charge >= 0.3 is 0 Å². The molecule has 0 aliphatic heterocycles. The Labute approximate surface area is 161 Å². The fourth-order valence-electron chi connectivity index (χ4n) is 3.05. The van der Waals surface area contributed by atoms with Crippen LogP contribution < -0.4 is 10.1 Å². The highest BCUT2D eigenvalue weighted by atomic mass is 32.1. The van der Waals surface area contributed by atoms with Gasteiger partial charge in [0.25, 0.3) is 0 Å². The topological polar surface area (TPSA) is 84.3 Å². The summed E-state index contributed by atoms with van der Waals surface area (Å²) in [5, 5.41) is 14.4. The number of pyridine rings is 1. The van der Waals surface area contributed by atoms with E-state index < -0.39 is 5.60 Å². The van der Waals surface area contributed by atoms with E-state index in [9.17, 15) is 9.90 Å². The van der Waals surface area contributed by atoms with E-state index >= 15 is 0 Å². The number of fused-ring (bicyclic) bond motifs is 1. The summed E-state index contributed by atoms with van der Waals surface area (Å²) in [6, 6.07) is 9.77. The molecule has 0 atom stereocenters. The van der Waals surface area contributed by atoms with Crippen LogP contribution in [0.4, 0.5) is 5.13 Å². The maximum atomic E-state index is 12.4. The van der Waals surface area contributed by atoms with Crippen LogP contribution in [-0.4, -0.2) is 27.1 Å². The molecule has 7 heteroatoms. The van der Waals surface area contributed by atoms with Crippen molar-refractivity contribution >= 4 is 33.3 Å². The molecular formula is C20H21N3O3S. The number of hydrogen-bond donors (Lipinski definition) is 2. The Kier molecular flexibility index (Phi) is 4.57. The molecule has 27 heavy (non-hydrogen) atoms. The Balaban J connectivity index is 1.34. The number of nitrogens with zero attached hydrogens (tertiary/aromatic N) is 2. The van der Waals surface area contributed by atoms with E-state index in [1.165, 1.54) is 11.3 Å². The Morgan fingerprint density at radius 1 is 1.26 bits per heavy atom. The molecule has 0 saturated heterocycles. The third kappa shape index (κ3) is 3.79. The first-order valence-corrected chi connectivity index (χ1v) is 9.72. The molecule has 1 aliphatic rings. The van der Waals surface area contributed by atoms with E-state index in [2.05, 4.69) is 15.3 Å². The number of rotatable bonds is 5. The summed E-state index contributed by atoms with van der Waals surface area (Å²) in [6.45, 7) is 3.39. The molecule has 1 fully saturated rings. The number of para-hydroxylation sites is 1. The second-order valence-electron chi connectivity index (χ2n) is 7.32. The van der Waals surface area contributed by atoms with Gasteiger partial charge < -0.3 is 15.2 Å². The van der Waals surface area contributed by atoms with E-state index in [1.54, 1.807) is 26.2 Å². The predicted octanol–water partition coefficient (Wildman–Crippen LogP) is 3.71. The van der Waals surface area contributed by atoms with Gasteiger partial charge in [0.1, 0.15) is 17.4 Å². The minimum Gasteiger partial charge on any atom is -0.488 e. The van der Waals surface area contributed by atoms with Crippen LogP contribution in [0.5, 0.6) is 5.75 Å². The van der Waals surface area contributed by atoms with Crippen LogP contribution in [0.2, 0.25) is 0 Å². The Morgan fingerprint density at radius 3 is 2.78 bits per heavy atom. The number of carbonyl (C=O) groups excluding carboxylic acids is 1. The minimum atomic E-state index is -0.956. The summed E-state index contributed by atoms with van der Waals surface area (Å²) in [6.07, 6.45) is 4.69. The molecule has 0 spiro atoms. The molecule has 2 N–H and O–H groups in total. The van der Waals surface area contributed by atoms with Crippen molar-refractivity contribution < 1.29 is 14.6 Å². The molecular weight excluding hydrogens is 362 g/mol. The van der Waals surface area contributed by atoms with Gasteiger partial charge in [0, 0.05) is 23.7 Å². The van der Waals surface area contributed by atoms with E-state index in [0.29, 0.717) is 18.0 Å². The number of hydrogen-bond acceptors (Lipinski definition) is 6. The standard InChI is InChI=1S/C20H21N3O3S/c1-20(2,25)16-11-22-19(27-16)23-18(24)13-9-14(10-13)26-15-7-3-5-12-6-4-8-21-17(12)15/h3-8,11,13-14,25H,9-10H2,1-2H3,(H,22,23,24). The molecule has 140 valence electrons. The average Bonchev–Trinajstić information content (AvgIpc) is 3.06. The van der Waals surface area contributed by atoms with Crippen molar-refractivity contribution in [3.05, 3.63) is 47.6 Å². The van der Waals surface area contributed by atoms with E-state index in [0.717, 1.165) is 21.5 Å². The van der Waals surface area contributed by atoms with E-state index in [4.69, 9.17) is 4.74 Å². The largest absolute Gasteiger partial charge is 0.488 e. The third-order valence-electron chi connectivity index (χ3n) is 4.69. The molecule has 1 aliphatic carbocycles. The molecule has 0 bridgehead atoms. The Bertz CT molecular complexity index is 969. The molecule has 3 aromatic rings. The second-order valence-corrected chi connectivity index (χ2v) is 8.35. The maximum absolute atomic E-state index is 12.4. The lowest BCUT2D eigenvalue weighted by Gasteiger charge is -2.34. The van der Waals surface area contributed by atoms with Crippen molar-refractivity contribution in [2.24, 2.45) is 5.92 Å². The summed E-state index contributed by atoms with van der Waals surface area (Å²) in [4.78, 5) is 21.7. The van der Waals surface area contributed by atoms with Crippen molar-refractivity contribution in [2.45, 2.75) is 38.4 Å². The minimum absolute atomic E-state index is 0.0107. The molecule has 0 radical (unpaired) electrons. The average molecular weight is 383 g/mol. The van der Waals surface area contributed by atoms with Crippen LogP contribution in [0, 0.1) is 5.92 Å². The van der Waals surface area contributed by atoms with Gasteiger partial charge in [0.05, 0.1) is 10.5 Å². The van der Waals surface area contributed by atoms with Gasteiger partial charge in [-0.25, -0.2) is 4.98 Å². The number of ether oxygens (including phenoxy) is 1. The number of aliphatic hydroxyl groups is 1. The molecule has 6 nitrogen and oxygen atoms in total. The fraction of sp³-hybridized carbons (Fsp3) is 0.350. The first kappa shape index (κ1) is 17.9. The number of nitrogens with one attached hydrogen (secondary N) is 1. The zero-order valence-corrected chi connectivity index (χ0v) is 16.0. The van der Waals surface area contributed by atoms with Crippen LogP contribution in [0.3, 0.4) is 0 Å². The molecule has 1 amide bonds. The first-order chi connectivity index (χ1) is 12.9. The van der Waals surface area contributed by atoms with Crippen LogP contribution in [0.1, 0.15) is 31.6 Å². The Hall–Kier alpha value is -2.51. The molecule has 1 saturated carbocycles. The molecule has 1 aromatic carbocycles. The van der Waals surface area contributed by atoms with E-state index in [-0.39, 0.29) is 17.9 Å². The highest BCUT2D eigenvalue weighted by molar-refractivity contribution is 7.15. The monoisotopic (exact) mass is 383 g/mol. The lowest BCUT2D eigenvalue weighted by atomic mass is 9.81. The highest BCUT2D eigenvalue weighted by Gasteiger charge is 2.37. The van der Waals surface area contributed by atoms with Gasteiger partial charge in [-0.1, -0.05) is 29.5 Å². The van der Waals surface area contributed by atoms with Crippen LogP contribution in [0.15, 0.2) is 42.7 Å². The van der Waals surface area contributed by atoms with Gasteiger partial charge in [0.15, 0.2) is 5.13 Å². The van der Waals surface area contributed by atoms with Crippen molar-refractivity contribution in [1.82, 2.24) is 9.97 Å². The molecule has 0 unspecified atom stereocenters. The normalized spacial score (nSPS) is 19.5. The van der Waals surface area contributed by atoms with E-state index in [1.807, 2.05) is 30.3 Å². The lowest BCUT2D eigenvalue weighted by Crippen LogP contribution is -2.40. The zero-order valence-electron chi connectivity index (χ0n) is 15.2. The third-order valence-corrected chi connectivity index (χ3v) is 5.92. The first-order valence-electron chi connectivity index (χ1n) is 8.90. The predicted molar refractivity (Wildman–Crippen MR) is 105 cm³/mol. The van der Waals surface area contributed by atoms with Crippen LogP contribution in [-0.2, 0) is 10.4 Å². The fourth-order valence-corrected chi connectivity index (χ4v) is 3.87. The number of anilines is 1. The number of carbonyl (C=O) groups is 1. The van der Waals surface area contributed by atoms with Gasteiger partial charge in [-0.3, -0.25) is 9.78 Å². The summed E-state index contributed by atoms with van der Waals surface area (Å²) in [7, 11) is 0. The smallest absolute Gasteiger partial charge is 0.229 e. The lowest BCUT2D eigenvalue weighted by molar-refractivity contribution is -0.125. The van der Waals surface area contributed by atoms with Crippen molar-refractivity contribution in [2.75, 3.05) is 5.32 Å². The van der Waals surface area contributed by atoms with Gasteiger partial charge in [-0.15, -0.1) is 0 Å². The molecule has 2 aromatic heterocycles. The summed E-state index contributed by atoms with van der Waals surface area (Å²) in [5.74, 6) is 0.613. The summed E-state index contributed by atoms with van der Waals surface area (Å²) in [5.41, 5.74) is -0.113. The van der Waals surface area contributed by atoms with Crippen molar-refractivity contribution in [3.8, 4) is 5.75 Å². The van der Waals surface area contributed by atoms with Crippen molar-refractivity contribution in [3.63, 3.8) is 0 Å². The SMILES string of the molecule is CC(C)(O)c1cnc(NC(=O)C2CC(Oc3cccc4cccnc34)C2)s1. The Morgan fingerprint density at radius 2 is 2.04 bits per heavy atom. The van der Waals surface area contributed by atoms with Crippen LogP contribution >= 0.6 is 11.3 Å². The molecule has 2 heterocycles. The van der Waals surface area contributed by atoms with Gasteiger partial charge in [-0.05, 0) is 38.8 Å². The maximum Gasteiger partial charge on any atom is 0.229 e. The highest BCUT2D eigenvalue weighted by Crippen LogP contribution is 2.35. The number of benzene rings is 1. The molecule has 4 rings (SSSR count). The van der Waals surface area contributed by atoms with Gasteiger partial charge in [-0.2, -0.15) is 0 Å². The quantitative estimate of drug-likeness (QED) is 0.702. The number of amides is 1. The van der Waals surface area contributed by atoms with Crippen molar-refractivity contribution in [1.29, 1.82) is 0 Å². The number of aromatic nitrogens is 2. The second kappa shape index (κ2) is 6.90. The number of thiazole rings is 1. The van der Waals surface area contributed by atoms with Crippen LogP contribution in [0.25, 0.3) is 10.9 Å². The summed E-state index contributed by atoms with van der Waals surface area (Å²) >= 11 is 1.29. The zero-order chi connectivity index (χ0) is 19.0. The van der Waals surface area contributed by atoms with Gasteiger partial charge in [0.2, 0.25) is 5.91 Å². The summed E-state index contributed by atoms with van der Waals surface area (Å²) < 4.78 is 6.05.